The molecule has 104 valence electrons. The molecule has 5 nitrogen and oxygen atoms in total. The molecule has 19 heavy (non-hydrogen) atoms. The minimum atomic E-state index is -0.899. The Morgan fingerprint density at radius 3 is 2.84 bits per heavy atom. The number of anilines is 1. The van der Waals surface area contributed by atoms with Gasteiger partial charge in [0, 0.05) is 32.7 Å². The third-order valence-electron chi connectivity index (χ3n) is 3.07. The zero-order valence-electron chi connectivity index (χ0n) is 10.7. The van der Waals surface area contributed by atoms with Gasteiger partial charge in [-0.25, -0.2) is 4.39 Å². The average molecular weight is 267 g/mol. The van der Waals surface area contributed by atoms with Crippen molar-refractivity contribution in [3.8, 4) is 0 Å². The van der Waals surface area contributed by atoms with Crippen LogP contribution in [0.3, 0.4) is 0 Å². The van der Waals surface area contributed by atoms with Crippen molar-refractivity contribution in [2.45, 2.75) is 6.54 Å². The molecule has 0 radical (unpaired) electrons. The zero-order chi connectivity index (χ0) is 13.7. The maximum atomic E-state index is 13.8. The number of carbonyl (C=O) groups is 1. The van der Waals surface area contributed by atoms with Gasteiger partial charge in [-0.2, -0.15) is 0 Å². The van der Waals surface area contributed by atoms with E-state index in [2.05, 4.69) is 10.6 Å². The van der Waals surface area contributed by atoms with Crippen LogP contribution in [0.25, 0.3) is 0 Å². The van der Waals surface area contributed by atoms with Crippen molar-refractivity contribution in [3.63, 3.8) is 0 Å². The first kappa shape index (κ1) is 13.8. The van der Waals surface area contributed by atoms with Gasteiger partial charge in [-0.05, 0) is 17.7 Å². The number of halogens is 1. The van der Waals surface area contributed by atoms with Crippen LogP contribution in [-0.4, -0.2) is 43.8 Å². The first-order valence-electron chi connectivity index (χ1n) is 6.33. The van der Waals surface area contributed by atoms with Crippen LogP contribution >= 0.6 is 0 Å². The van der Waals surface area contributed by atoms with E-state index in [1.807, 2.05) is 4.90 Å². The summed E-state index contributed by atoms with van der Waals surface area (Å²) in [6, 6.07) is 4.90. The molecule has 6 heteroatoms. The van der Waals surface area contributed by atoms with E-state index < -0.39 is 5.97 Å². The summed E-state index contributed by atoms with van der Waals surface area (Å²) in [5, 5.41) is 14.6. The normalized spacial score (nSPS) is 15.5. The highest BCUT2D eigenvalue weighted by atomic mass is 19.1. The predicted octanol–water partition coefficient (Wildman–Crippen LogP) is 0.409. The number of carboxylic acid groups (broad SMARTS) is 1. The van der Waals surface area contributed by atoms with E-state index >= 15 is 0 Å². The molecule has 3 N–H and O–H groups in total. The average Bonchev–Trinajstić information content (AvgIpc) is 2.41. The van der Waals surface area contributed by atoms with Crippen LogP contribution in [0.15, 0.2) is 18.2 Å². The van der Waals surface area contributed by atoms with Gasteiger partial charge in [-0.3, -0.25) is 4.79 Å². The molecule has 1 aromatic carbocycles. The summed E-state index contributed by atoms with van der Waals surface area (Å²) < 4.78 is 13.8. The maximum absolute atomic E-state index is 13.8. The molecule has 0 atom stereocenters. The van der Waals surface area contributed by atoms with E-state index in [1.54, 1.807) is 12.1 Å². The maximum Gasteiger partial charge on any atom is 0.317 e. The fraction of sp³-hybridized carbons (Fsp3) is 0.462. The van der Waals surface area contributed by atoms with Crippen molar-refractivity contribution in [1.82, 2.24) is 10.6 Å². The van der Waals surface area contributed by atoms with Gasteiger partial charge in [0.05, 0.1) is 12.2 Å². The van der Waals surface area contributed by atoms with Gasteiger partial charge in [0.25, 0.3) is 0 Å². The van der Waals surface area contributed by atoms with E-state index in [9.17, 15) is 9.18 Å². The summed E-state index contributed by atoms with van der Waals surface area (Å²) in [5.41, 5.74) is 1.48. The third-order valence-corrected chi connectivity index (χ3v) is 3.07. The number of carboxylic acids is 1. The van der Waals surface area contributed by atoms with Crippen LogP contribution in [0, 0.1) is 5.82 Å². The van der Waals surface area contributed by atoms with E-state index in [4.69, 9.17) is 5.11 Å². The Kier molecular flexibility index (Phi) is 4.70. The Balaban J connectivity index is 2.03. The van der Waals surface area contributed by atoms with Gasteiger partial charge in [0.1, 0.15) is 5.82 Å². The van der Waals surface area contributed by atoms with Crippen LogP contribution in [0.5, 0.6) is 0 Å². The molecule has 0 bridgehead atoms. The fourth-order valence-corrected chi connectivity index (χ4v) is 2.13. The number of nitrogens with zero attached hydrogens (tertiary/aromatic N) is 1. The number of piperazine rings is 1. The number of nitrogens with one attached hydrogen (secondary N) is 2. The summed E-state index contributed by atoms with van der Waals surface area (Å²) in [4.78, 5) is 12.4. The molecule has 0 aromatic heterocycles. The highest BCUT2D eigenvalue weighted by molar-refractivity contribution is 5.69. The van der Waals surface area contributed by atoms with Gasteiger partial charge in [0.2, 0.25) is 0 Å². The van der Waals surface area contributed by atoms with Crippen LogP contribution < -0.4 is 15.5 Å². The molecule has 0 saturated carbocycles. The molecule has 0 spiro atoms. The topological polar surface area (TPSA) is 64.6 Å². The quantitative estimate of drug-likeness (QED) is 0.721. The predicted molar refractivity (Wildman–Crippen MR) is 70.8 cm³/mol. The monoisotopic (exact) mass is 267 g/mol. The highest BCUT2D eigenvalue weighted by Crippen LogP contribution is 2.21. The van der Waals surface area contributed by atoms with Crippen molar-refractivity contribution in [3.05, 3.63) is 29.6 Å². The van der Waals surface area contributed by atoms with Gasteiger partial charge in [0.15, 0.2) is 0 Å². The lowest BCUT2D eigenvalue weighted by atomic mass is 10.1. The van der Waals surface area contributed by atoms with Crippen LogP contribution in [0.4, 0.5) is 10.1 Å². The largest absolute Gasteiger partial charge is 0.480 e. The first-order chi connectivity index (χ1) is 9.16. The zero-order valence-corrected chi connectivity index (χ0v) is 10.7. The van der Waals surface area contributed by atoms with Gasteiger partial charge < -0.3 is 20.6 Å². The second-order valence-corrected chi connectivity index (χ2v) is 4.52. The lowest BCUT2D eigenvalue weighted by Gasteiger charge is -2.30. The number of hydrogen-bond acceptors (Lipinski definition) is 4. The minimum Gasteiger partial charge on any atom is -0.480 e. The van der Waals surface area contributed by atoms with Crippen molar-refractivity contribution in [1.29, 1.82) is 0 Å². The highest BCUT2D eigenvalue weighted by Gasteiger charge is 2.14. The molecule has 0 aliphatic carbocycles. The lowest BCUT2D eigenvalue weighted by molar-refractivity contribution is -0.135. The minimum absolute atomic E-state index is 0.0969. The molecule has 1 aliphatic heterocycles. The second-order valence-electron chi connectivity index (χ2n) is 4.52. The number of benzene rings is 1. The summed E-state index contributed by atoms with van der Waals surface area (Å²) >= 11 is 0. The molecule has 1 aliphatic rings. The molecule has 0 amide bonds. The third kappa shape index (κ3) is 3.90. The summed E-state index contributed by atoms with van der Waals surface area (Å²) in [6.45, 7) is 3.58. The molecule has 0 unspecified atom stereocenters. The lowest BCUT2D eigenvalue weighted by Crippen LogP contribution is -2.43. The molecule has 2 rings (SSSR count). The number of hydrogen-bond donors (Lipinski definition) is 3. The van der Waals surface area contributed by atoms with E-state index in [0.717, 1.165) is 31.7 Å². The van der Waals surface area contributed by atoms with E-state index in [-0.39, 0.29) is 12.4 Å². The van der Waals surface area contributed by atoms with Crippen molar-refractivity contribution in [2.24, 2.45) is 0 Å². The van der Waals surface area contributed by atoms with Crippen molar-refractivity contribution in [2.75, 3.05) is 37.6 Å². The summed E-state index contributed by atoms with van der Waals surface area (Å²) in [6.07, 6.45) is 0. The van der Waals surface area contributed by atoms with Gasteiger partial charge >= 0.3 is 5.97 Å². The Hall–Kier alpha value is -1.66. The van der Waals surface area contributed by atoms with Gasteiger partial charge in [-0.1, -0.05) is 6.07 Å². The van der Waals surface area contributed by atoms with Crippen LogP contribution in [-0.2, 0) is 11.3 Å². The number of rotatable bonds is 5. The summed E-state index contributed by atoms with van der Waals surface area (Å²) in [7, 11) is 0. The summed E-state index contributed by atoms with van der Waals surface area (Å²) in [5.74, 6) is -1.13. The Labute approximate surface area is 111 Å². The van der Waals surface area contributed by atoms with E-state index in [1.165, 1.54) is 6.07 Å². The fourth-order valence-electron chi connectivity index (χ4n) is 2.13. The Bertz CT molecular complexity index is 448. The second kappa shape index (κ2) is 6.49. The van der Waals surface area contributed by atoms with Crippen molar-refractivity contribution >= 4 is 11.7 Å². The molecular formula is C13H18FN3O2. The van der Waals surface area contributed by atoms with Crippen LogP contribution in [0.2, 0.25) is 0 Å². The Morgan fingerprint density at radius 2 is 2.16 bits per heavy atom. The molecular weight excluding hydrogens is 249 g/mol. The van der Waals surface area contributed by atoms with Gasteiger partial charge in [-0.15, -0.1) is 0 Å². The molecule has 1 heterocycles. The SMILES string of the molecule is O=C(O)CNCc1ccc(F)c(N2CCNCC2)c1. The smallest absolute Gasteiger partial charge is 0.317 e. The first-order valence-corrected chi connectivity index (χ1v) is 6.33. The molecule has 1 fully saturated rings. The molecule has 1 aromatic rings. The molecule has 1 saturated heterocycles. The van der Waals surface area contributed by atoms with Crippen molar-refractivity contribution < 1.29 is 14.3 Å². The number of aliphatic carboxylic acids is 1. The van der Waals surface area contributed by atoms with E-state index in [0.29, 0.717) is 12.2 Å². The standard InChI is InChI=1S/C13H18FN3O2/c14-11-2-1-10(8-16-9-13(18)19)7-12(11)17-5-3-15-4-6-17/h1-2,7,15-16H,3-6,8-9H2,(H,18,19). The Morgan fingerprint density at radius 1 is 1.42 bits per heavy atom. The van der Waals surface area contributed by atoms with Crippen LogP contribution in [0.1, 0.15) is 5.56 Å².